The second-order valence-electron chi connectivity index (χ2n) is 10.1. The molecule has 0 spiro atoms. The number of hydrogen-bond acceptors (Lipinski definition) is 8. The standard InChI is InChI=1S/C35H33NO7S/c1-2-11-26-22-30(43-28-15-7-4-8-16-28)18-19-31(26)41-21-10-20-40-29-17-9-14-27(23-29)35(32(37)36-34(39)44-35)33(38)42-24-25-12-5-3-6-13-25/h3-9,12-19,22-23H,2,10-11,20-21,24H2,1H3,(H,36,37,39)/t35-/m0/s1. The minimum Gasteiger partial charge on any atom is -0.493 e. The number of thioether (sulfide) groups is 1. The number of imide groups is 1. The number of ether oxygens (including phenoxy) is 4. The van der Waals surface area contributed by atoms with E-state index >= 15 is 0 Å². The fraction of sp³-hybridized carbons (Fsp3) is 0.229. The molecule has 8 nitrogen and oxygen atoms in total. The van der Waals surface area contributed by atoms with E-state index in [1.54, 1.807) is 24.3 Å². The summed E-state index contributed by atoms with van der Waals surface area (Å²) in [6.45, 7) is 2.86. The summed E-state index contributed by atoms with van der Waals surface area (Å²) in [7, 11) is 0. The van der Waals surface area contributed by atoms with Crippen LogP contribution in [0.1, 0.15) is 36.5 Å². The number of rotatable bonds is 14. The Morgan fingerprint density at radius 2 is 1.52 bits per heavy atom. The summed E-state index contributed by atoms with van der Waals surface area (Å²) in [4.78, 5) is 38.5. The Hall–Kier alpha value is -4.76. The number of aryl methyl sites for hydroxylation is 1. The molecule has 1 fully saturated rings. The Bertz CT molecular complexity index is 1600. The first-order valence-electron chi connectivity index (χ1n) is 14.5. The van der Waals surface area contributed by atoms with Gasteiger partial charge in [-0.25, -0.2) is 4.79 Å². The number of nitrogens with one attached hydrogen (secondary N) is 1. The van der Waals surface area contributed by atoms with Crippen LogP contribution in [0.2, 0.25) is 0 Å². The molecule has 0 aromatic heterocycles. The summed E-state index contributed by atoms with van der Waals surface area (Å²) >= 11 is 0.604. The summed E-state index contributed by atoms with van der Waals surface area (Å²) in [6, 6.07) is 31.2. The van der Waals surface area contributed by atoms with Crippen LogP contribution in [0.4, 0.5) is 4.79 Å². The van der Waals surface area contributed by atoms with Gasteiger partial charge >= 0.3 is 5.97 Å². The van der Waals surface area contributed by atoms with Gasteiger partial charge < -0.3 is 18.9 Å². The number of hydrogen-bond donors (Lipinski definition) is 1. The van der Waals surface area contributed by atoms with Crippen LogP contribution in [0.15, 0.2) is 103 Å². The van der Waals surface area contributed by atoms with Crippen LogP contribution < -0.4 is 19.5 Å². The van der Waals surface area contributed by atoms with Gasteiger partial charge in [-0.15, -0.1) is 0 Å². The van der Waals surface area contributed by atoms with Crippen LogP contribution in [0.5, 0.6) is 23.0 Å². The second kappa shape index (κ2) is 14.6. The third kappa shape index (κ3) is 7.41. The van der Waals surface area contributed by atoms with Crippen LogP contribution in [0, 0.1) is 0 Å². The highest BCUT2D eigenvalue weighted by molar-refractivity contribution is 8.16. The highest BCUT2D eigenvalue weighted by Crippen LogP contribution is 2.44. The normalized spacial score (nSPS) is 15.8. The lowest BCUT2D eigenvalue weighted by molar-refractivity contribution is -0.151. The largest absolute Gasteiger partial charge is 0.493 e. The molecular formula is C35H33NO7S. The molecular weight excluding hydrogens is 578 g/mol. The summed E-state index contributed by atoms with van der Waals surface area (Å²) in [5, 5.41) is 1.61. The zero-order valence-electron chi connectivity index (χ0n) is 24.3. The Balaban J connectivity index is 1.19. The highest BCUT2D eigenvalue weighted by atomic mass is 32.2. The second-order valence-corrected chi connectivity index (χ2v) is 11.3. The molecule has 4 aromatic rings. The van der Waals surface area contributed by atoms with E-state index in [0.29, 0.717) is 42.7 Å². The van der Waals surface area contributed by atoms with Crippen molar-refractivity contribution < 1.29 is 33.3 Å². The van der Waals surface area contributed by atoms with Crippen molar-refractivity contribution in [1.82, 2.24) is 5.32 Å². The van der Waals surface area contributed by atoms with Gasteiger partial charge in [0.25, 0.3) is 11.1 Å². The first kappa shape index (κ1) is 30.7. The van der Waals surface area contributed by atoms with Crippen molar-refractivity contribution in [3.8, 4) is 23.0 Å². The van der Waals surface area contributed by atoms with Gasteiger partial charge in [-0.2, -0.15) is 0 Å². The quantitative estimate of drug-likeness (QED) is 0.0908. The third-order valence-corrected chi connectivity index (χ3v) is 8.05. The van der Waals surface area contributed by atoms with E-state index in [1.165, 1.54) is 0 Å². The average molecular weight is 612 g/mol. The zero-order valence-corrected chi connectivity index (χ0v) is 25.1. The first-order valence-corrected chi connectivity index (χ1v) is 15.3. The van der Waals surface area contributed by atoms with E-state index < -0.39 is 21.9 Å². The van der Waals surface area contributed by atoms with Gasteiger partial charge in [0.1, 0.15) is 29.6 Å². The average Bonchev–Trinajstić information content (AvgIpc) is 3.36. The van der Waals surface area contributed by atoms with Crippen molar-refractivity contribution in [3.63, 3.8) is 0 Å². The summed E-state index contributed by atoms with van der Waals surface area (Å²) in [5.74, 6) is 1.24. The Labute approximate surface area is 260 Å². The maximum atomic E-state index is 13.3. The molecule has 1 aliphatic rings. The lowest BCUT2D eigenvalue weighted by atomic mass is 9.97. The van der Waals surface area contributed by atoms with Crippen LogP contribution >= 0.6 is 11.8 Å². The van der Waals surface area contributed by atoms with E-state index in [2.05, 4.69) is 12.2 Å². The van der Waals surface area contributed by atoms with Crippen molar-refractivity contribution in [1.29, 1.82) is 0 Å². The molecule has 5 rings (SSSR count). The van der Waals surface area contributed by atoms with Crippen molar-refractivity contribution in [3.05, 3.63) is 120 Å². The number of carbonyl (C=O) groups is 3. The fourth-order valence-corrected chi connectivity index (χ4v) is 5.70. The minimum atomic E-state index is -1.86. The highest BCUT2D eigenvalue weighted by Gasteiger charge is 2.57. The lowest BCUT2D eigenvalue weighted by Crippen LogP contribution is -2.42. The van der Waals surface area contributed by atoms with Gasteiger partial charge in [0.15, 0.2) is 0 Å². The summed E-state index contributed by atoms with van der Waals surface area (Å²) < 4.78 is 21.7. The predicted octanol–water partition coefficient (Wildman–Crippen LogP) is 7.20. The molecule has 9 heteroatoms. The number of amides is 2. The predicted molar refractivity (Wildman–Crippen MR) is 168 cm³/mol. The molecule has 0 bridgehead atoms. The van der Waals surface area contributed by atoms with Gasteiger partial charge in [-0.1, -0.05) is 74.0 Å². The Morgan fingerprint density at radius 3 is 2.25 bits per heavy atom. The molecule has 0 unspecified atom stereocenters. The van der Waals surface area contributed by atoms with E-state index in [0.717, 1.165) is 41.2 Å². The molecule has 1 aliphatic heterocycles. The number of para-hydroxylation sites is 1. The molecule has 1 N–H and O–H groups in total. The molecule has 0 saturated carbocycles. The topological polar surface area (TPSA) is 100 Å². The van der Waals surface area contributed by atoms with Crippen LogP contribution in [0.3, 0.4) is 0 Å². The van der Waals surface area contributed by atoms with Crippen molar-refractivity contribution in [2.45, 2.75) is 37.5 Å². The van der Waals surface area contributed by atoms with E-state index in [1.807, 2.05) is 78.9 Å². The molecule has 0 radical (unpaired) electrons. The monoisotopic (exact) mass is 611 g/mol. The van der Waals surface area contributed by atoms with Gasteiger partial charge in [0.2, 0.25) is 4.75 Å². The Kier molecular flexibility index (Phi) is 10.2. The lowest BCUT2D eigenvalue weighted by Gasteiger charge is -2.23. The number of benzene rings is 4. The third-order valence-electron chi connectivity index (χ3n) is 6.87. The number of carbonyl (C=O) groups excluding carboxylic acids is 3. The zero-order chi connectivity index (χ0) is 30.8. The van der Waals surface area contributed by atoms with Crippen molar-refractivity contribution >= 4 is 28.9 Å². The molecule has 0 aliphatic carbocycles. The smallest absolute Gasteiger partial charge is 0.337 e. The van der Waals surface area contributed by atoms with Gasteiger partial charge in [-0.3, -0.25) is 14.9 Å². The summed E-state index contributed by atoms with van der Waals surface area (Å²) in [5.41, 5.74) is 2.14. The molecule has 4 aromatic carbocycles. The van der Waals surface area contributed by atoms with Gasteiger partial charge in [0.05, 0.1) is 13.2 Å². The van der Waals surface area contributed by atoms with Crippen LogP contribution in [-0.4, -0.2) is 30.3 Å². The first-order chi connectivity index (χ1) is 21.5. The van der Waals surface area contributed by atoms with E-state index in [4.69, 9.17) is 18.9 Å². The number of esters is 1. The van der Waals surface area contributed by atoms with Gasteiger partial charge in [-0.05, 0) is 77.3 Å². The SMILES string of the molecule is CCCc1cc(Oc2ccccc2)ccc1OCCCOc1cccc([C@]2(C(=O)OCc3ccccc3)SC(=O)NC2=O)c1. The summed E-state index contributed by atoms with van der Waals surface area (Å²) in [6.07, 6.45) is 2.41. The minimum absolute atomic E-state index is 0.0254. The van der Waals surface area contributed by atoms with Gasteiger partial charge in [0, 0.05) is 6.42 Å². The molecule has 44 heavy (non-hydrogen) atoms. The molecule has 1 heterocycles. The van der Waals surface area contributed by atoms with Crippen LogP contribution in [0.25, 0.3) is 0 Å². The van der Waals surface area contributed by atoms with E-state index in [9.17, 15) is 14.4 Å². The van der Waals surface area contributed by atoms with E-state index in [-0.39, 0.29) is 6.61 Å². The molecule has 1 atom stereocenters. The molecule has 226 valence electrons. The fourth-order valence-electron chi connectivity index (χ4n) is 4.74. The van der Waals surface area contributed by atoms with Crippen molar-refractivity contribution in [2.75, 3.05) is 13.2 Å². The Morgan fingerprint density at radius 1 is 0.795 bits per heavy atom. The molecule has 2 amide bonds. The maximum Gasteiger partial charge on any atom is 0.337 e. The van der Waals surface area contributed by atoms with Crippen molar-refractivity contribution in [2.24, 2.45) is 0 Å². The van der Waals surface area contributed by atoms with Crippen LogP contribution in [-0.2, 0) is 32.1 Å². The maximum absolute atomic E-state index is 13.3. The molecule has 1 saturated heterocycles.